The third-order valence-corrected chi connectivity index (χ3v) is 5.00. The van der Waals surface area contributed by atoms with Crippen molar-refractivity contribution in [3.05, 3.63) is 65.7 Å². The van der Waals surface area contributed by atoms with E-state index in [2.05, 4.69) is 15.5 Å². The van der Waals surface area contributed by atoms with Gasteiger partial charge in [-0.1, -0.05) is 50.2 Å². The summed E-state index contributed by atoms with van der Waals surface area (Å²) < 4.78 is 5.15. The minimum absolute atomic E-state index is 0.0708. The van der Waals surface area contributed by atoms with E-state index in [-0.39, 0.29) is 12.3 Å². The van der Waals surface area contributed by atoms with Gasteiger partial charge in [0, 0.05) is 12.0 Å². The number of nitrogens with one attached hydrogen (secondary N) is 3. The van der Waals surface area contributed by atoms with Crippen LogP contribution in [0.1, 0.15) is 36.2 Å². The number of benzene rings is 2. The fourth-order valence-corrected chi connectivity index (χ4v) is 3.34. The van der Waals surface area contributed by atoms with Gasteiger partial charge in [-0.25, -0.2) is 5.48 Å². The number of hydrogen-bond acceptors (Lipinski definition) is 6. The van der Waals surface area contributed by atoms with Crippen LogP contribution in [0, 0.1) is 5.92 Å². The van der Waals surface area contributed by atoms with Crippen LogP contribution >= 0.6 is 0 Å². The fourth-order valence-electron chi connectivity index (χ4n) is 3.34. The Bertz CT molecular complexity index is 993. The van der Waals surface area contributed by atoms with Gasteiger partial charge in [0.1, 0.15) is 17.8 Å². The molecule has 0 radical (unpaired) electrons. The van der Waals surface area contributed by atoms with Crippen molar-refractivity contribution in [2.45, 2.75) is 38.8 Å². The van der Waals surface area contributed by atoms with Crippen molar-refractivity contribution in [1.29, 1.82) is 0 Å². The zero-order valence-corrected chi connectivity index (χ0v) is 19.8. The summed E-state index contributed by atoms with van der Waals surface area (Å²) in [5.41, 5.74) is 3.08. The number of ketones is 1. The summed E-state index contributed by atoms with van der Waals surface area (Å²) in [6.07, 6.45) is 0.429. The Morgan fingerprint density at radius 2 is 1.59 bits per heavy atom. The van der Waals surface area contributed by atoms with Gasteiger partial charge in [0.2, 0.25) is 11.7 Å². The second-order valence-electron chi connectivity index (χ2n) is 8.14. The molecule has 2 aromatic rings. The molecule has 2 rings (SSSR count). The van der Waals surface area contributed by atoms with Gasteiger partial charge < -0.3 is 15.4 Å². The fraction of sp³-hybridized carbons (Fsp3) is 0.360. The first-order chi connectivity index (χ1) is 16.2. The number of hydrogen-bond donors (Lipinski definition) is 3. The van der Waals surface area contributed by atoms with Crippen molar-refractivity contribution >= 4 is 23.5 Å². The van der Waals surface area contributed by atoms with E-state index in [4.69, 9.17) is 4.74 Å². The van der Waals surface area contributed by atoms with Gasteiger partial charge in [-0.3, -0.25) is 24.0 Å². The zero-order chi connectivity index (χ0) is 25.1. The predicted molar refractivity (Wildman–Crippen MR) is 126 cm³/mol. The first-order valence-electron chi connectivity index (χ1n) is 10.9. The van der Waals surface area contributed by atoms with Gasteiger partial charge in [0.25, 0.3) is 5.91 Å². The molecule has 182 valence electrons. The predicted octanol–water partition coefficient (Wildman–Crippen LogP) is 1.81. The summed E-state index contributed by atoms with van der Waals surface area (Å²) in [6, 6.07) is 13.5. The lowest BCUT2D eigenvalue weighted by molar-refractivity contribution is -0.146. The summed E-state index contributed by atoms with van der Waals surface area (Å²) in [5, 5.41) is 5.38. The number of hydroxylamine groups is 1. The molecule has 0 saturated carbocycles. The Kier molecular flexibility index (Phi) is 10.2. The quantitative estimate of drug-likeness (QED) is 0.322. The summed E-state index contributed by atoms with van der Waals surface area (Å²) in [5.74, 6) is -2.28. The average Bonchev–Trinajstić information content (AvgIpc) is 2.83. The number of ether oxygens (including phenoxy) is 1. The molecule has 3 N–H and O–H groups in total. The topological polar surface area (TPSA) is 123 Å². The highest BCUT2D eigenvalue weighted by Gasteiger charge is 2.31. The molecule has 9 nitrogen and oxygen atoms in total. The molecule has 0 aromatic heterocycles. The lowest BCUT2D eigenvalue weighted by Gasteiger charge is -2.24. The minimum Gasteiger partial charge on any atom is -0.497 e. The van der Waals surface area contributed by atoms with E-state index in [9.17, 15) is 19.2 Å². The lowest BCUT2D eigenvalue weighted by atomic mass is 9.99. The van der Waals surface area contributed by atoms with Crippen LogP contribution in [0.2, 0.25) is 0 Å². The molecule has 0 spiro atoms. The van der Waals surface area contributed by atoms with Gasteiger partial charge >= 0.3 is 5.91 Å². The highest BCUT2D eigenvalue weighted by atomic mass is 16.6. The van der Waals surface area contributed by atoms with Crippen LogP contribution in [-0.2, 0) is 25.6 Å². The molecule has 0 saturated heterocycles. The molecule has 0 heterocycles. The molecular formula is C25H31N3O6. The Hall–Kier alpha value is -3.72. The van der Waals surface area contributed by atoms with Crippen molar-refractivity contribution in [2.24, 2.45) is 5.92 Å². The molecule has 2 unspecified atom stereocenters. The maximum Gasteiger partial charge on any atom is 0.313 e. The third-order valence-electron chi connectivity index (χ3n) is 5.00. The molecule has 0 aliphatic carbocycles. The second-order valence-corrected chi connectivity index (χ2v) is 8.14. The van der Waals surface area contributed by atoms with Crippen LogP contribution in [0.3, 0.4) is 0 Å². The number of rotatable bonds is 12. The SMILES string of the molecule is CONC(=O)C(=O)C(Cc1ccccc1)NC(=O)C(CC(C)C)NC(=O)c1cccc(OC)c1. The largest absolute Gasteiger partial charge is 0.497 e. The normalized spacial score (nSPS) is 12.4. The molecule has 3 amide bonds. The molecule has 2 aromatic carbocycles. The Morgan fingerprint density at radius 1 is 0.882 bits per heavy atom. The third kappa shape index (κ3) is 8.00. The minimum atomic E-state index is -1.14. The standard InChI is InChI=1S/C25H31N3O6/c1-16(2)13-21(27-23(30)18-11-8-12-19(15-18)33-3)24(31)26-20(22(29)25(32)28-34-4)14-17-9-6-5-7-10-17/h5-12,15-16,20-21H,13-14H2,1-4H3,(H,26,31)(H,27,30)(H,28,32). The Balaban J connectivity index is 2.23. The van der Waals surface area contributed by atoms with E-state index in [0.717, 1.165) is 5.56 Å². The van der Waals surface area contributed by atoms with Gasteiger partial charge in [0.05, 0.1) is 14.2 Å². The monoisotopic (exact) mass is 469 g/mol. The molecule has 2 atom stereocenters. The molecule has 0 fully saturated rings. The number of Topliss-reactive ketones (excluding diaryl/α,β-unsaturated/α-hetero) is 1. The van der Waals surface area contributed by atoms with Crippen LogP contribution < -0.4 is 20.9 Å². The molecule has 0 aliphatic heterocycles. The van der Waals surface area contributed by atoms with Crippen molar-refractivity contribution in [1.82, 2.24) is 16.1 Å². The van der Waals surface area contributed by atoms with Crippen molar-refractivity contribution in [3.63, 3.8) is 0 Å². The van der Waals surface area contributed by atoms with Gasteiger partial charge in [-0.2, -0.15) is 0 Å². The van der Waals surface area contributed by atoms with Crippen molar-refractivity contribution < 1.29 is 28.8 Å². The summed E-state index contributed by atoms with van der Waals surface area (Å²) in [4.78, 5) is 55.4. The number of carbonyl (C=O) groups is 4. The number of amides is 3. The summed E-state index contributed by atoms with van der Waals surface area (Å²) in [6.45, 7) is 3.83. The first-order valence-corrected chi connectivity index (χ1v) is 10.9. The van der Waals surface area contributed by atoms with E-state index in [1.807, 2.05) is 25.4 Å². The van der Waals surface area contributed by atoms with Crippen molar-refractivity contribution in [2.75, 3.05) is 14.2 Å². The van der Waals surface area contributed by atoms with E-state index >= 15 is 0 Å². The van der Waals surface area contributed by atoms with Crippen LogP contribution in [-0.4, -0.2) is 49.8 Å². The summed E-state index contributed by atoms with van der Waals surface area (Å²) in [7, 11) is 2.71. The highest BCUT2D eigenvalue weighted by molar-refractivity contribution is 6.38. The average molecular weight is 470 g/mol. The van der Waals surface area contributed by atoms with Crippen LogP contribution in [0.4, 0.5) is 0 Å². The van der Waals surface area contributed by atoms with E-state index < -0.39 is 35.6 Å². The maximum atomic E-state index is 13.2. The second kappa shape index (κ2) is 13.1. The summed E-state index contributed by atoms with van der Waals surface area (Å²) >= 11 is 0. The Labute approximate surface area is 199 Å². The van der Waals surface area contributed by atoms with Gasteiger partial charge in [-0.15, -0.1) is 0 Å². The van der Waals surface area contributed by atoms with Gasteiger partial charge in [-0.05, 0) is 36.1 Å². The first kappa shape index (κ1) is 26.5. The van der Waals surface area contributed by atoms with E-state index in [1.54, 1.807) is 48.5 Å². The molecule has 0 aliphatic rings. The van der Waals surface area contributed by atoms with E-state index in [1.165, 1.54) is 14.2 Å². The smallest absolute Gasteiger partial charge is 0.313 e. The molecule has 34 heavy (non-hydrogen) atoms. The van der Waals surface area contributed by atoms with Crippen LogP contribution in [0.25, 0.3) is 0 Å². The maximum absolute atomic E-state index is 13.2. The molecule has 9 heteroatoms. The van der Waals surface area contributed by atoms with Gasteiger partial charge in [0.15, 0.2) is 0 Å². The van der Waals surface area contributed by atoms with Crippen molar-refractivity contribution in [3.8, 4) is 5.75 Å². The lowest BCUT2D eigenvalue weighted by Crippen LogP contribution is -2.54. The zero-order valence-electron chi connectivity index (χ0n) is 19.8. The molecule has 0 bridgehead atoms. The van der Waals surface area contributed by atoms with Crippen LogP contribution in [0.5, 0.6) is 5.75 Å². The molecular weight excluding hydrogens is 438 g/mol. The number of methoxy groups -OCH3 is 1. The Morgan fingerprint density at radius 3 is 2.21 bits per heavy atom. The highest BCUT2D eigenvalue weighted by Crippen LogP contribution is 2.14. The number of carbonyl (C=O) groups excluding carboxylic acids is 4. The van der Waals surface area contributed by atoms with E-state index in [0.29, 0.717) is 17.7 Å². The van der Waals surface area contributed by atoms with Crippen LogP contribution in [0.15, 0.2) is 54.6 Å².